The van der Waals surface area contributed by atoms with Crippen molar-refractivity contribution in [3.05, 3.63) is 28.8 Å². The number of ether oxygens (including phenoxy) is 1. The van der Waals surface area contributed by atoms with Crippen LogP contribution in [0.2, 0.25) is 5.02 Å². The van der Waals surface area contributed by atoms with E-state index in [2.05, 4.69) is 14.8 Å². The van der Waals surface area contributed by atoms with Gasteiger partial charge in [0, 0.05) is 24.2 Å². The number of methoxy groups -OCH3 is 1. The van der Waals surface area contributed by atoms with Crippen LogP contribution in [0.1, 0.15) is 48.9 Å². The van der Waals surface area contributed by atoms with E-state index in [1.54, 1.807) is 0 Å². The van der Waals surface area contributed by atoms with E-state index in [1.165, 1.54) is 51.0 Å². The highest BCUT2D eigenvalue weighted by molar-refractivity contribution is 7.89. The Hall–Kier alpha value is -0.860. The Balaban J connectivity index is 0.00000338. The molecule has 0 radical (unpaired) electrons. The average molecular weight is 425 g/mol. The highest BCUT2D eigenvalue weighted by Crippen LogP contribution is 2.21. The molecule has 2 N–H and O–H groups in total. The number of hydrogen-bond donors (Lipinski definition) is 2. The normalized spacial score (nSPS) is 15.8. The van der Waals surface area contributed by atoms with Crippen molar-refractivity contribution >= 4 is 40.0 Å². The quantitative estimate of drug-likeness (QED) is 0.398. The molecule has 0 bridgehead atoms. The Kier molecular flexibility index (Phi) is 9.89. The van der Waals surface area contributed by atoms with Crippen molar-refractivity contribution in [3.8, 4) is 0 Å². The summed E-state index contributed by atoms with van der Waals surface area (Å²) < 4.78 is 32.2. The minimum atomic E-state index is -3.82. The maximum absolute atomic E-state index is 12.5. The lowest BCUT2D eigenvalue weighted by molar-refractivity contribution is 0.0596. The van der Waals surface area contributed by atoms with Gasteiger partial charge < -0.3 is 10.1 Å². The molecule has 0 aliphatic heterocycles. The van der Waals surface area contributed by atoms with E-state index in [4.69, 9.17) is 11.6 Å². The van der Waals surface area contributed by atoms with Gasteiger partial charge in [-0.3, -0.25) is 0 Å². The van der Waals surface area contributed by atoms with Crippen molar-refractivity contribution in [1.29, 1.82) is 0 Å². The highest BCUT2D eigenvalue weighted by Gasteiger charge is 2.23. The minimum Gasteiger partial charge on any atom is -0.465 e. The maximum Gasteiger partial charge on any atom is 0.339 e. The number of benzene rings is 1. The molecule has 0 aromatic heterocycles. The van der Waals surface area contributed by atoms with Crippen molar-refractivity contribution in [1.82, 2.24) is 10.0 Å². The first-order valence-electron chi connectivity index (χ1n) is 8.55. The van der Waals surface area contributed by atoms with E-state index in [0.717, 1.165) is 12.8 Å². The third kappa shape index (κ3) is 6.70. The molecule has 1 aromatic carbocycles. The largest absolute Gasteiger partial charge is 0.465 e. The minimum absolute atomic E-state index is 0. The zero-order valence-electron chi connectivity index (χ0n) is 14.8. The van der Waals surface area contributed by atoms with Crippen LogP contribution >= 0.6 is 24.0 Å². The zero-order valence-corrected chi connectivity index (χ0v) is 17.2. The first kappa shape index (κ1) is 23.2. The second kappa shape index (κ2) is 11.1. The molecule has 0 spiro atoms. The van der Waals surface area contributed by atoms with Gasteiger partial charge >= 0.3 is 5.97 Å². The smallest absolute Gasteiger partial charge is 0.339 e. The van der Waals surface area contributed by atoms with E-state index in [0.29, 0.717) is 12.6 Å². The number of nitrogens with one attached hydrogen (secondary N) is 2. The SMILES string of the molecule is COC(=O)c1cc(Cl)ccc1S(=O)(=O)NCCNC1CCCCCC1.Cl. The van der Waals surface area contributed by atoms with Crippen LogP contribution in [-0.2, 0) is 14.8 Å². The summed E-state index contributed by atoms with van der Waals surface area (Å²) in [6.07, 6.45) is 7.26. The fourth-order valence-electron chi connectivity index (χ4n) is 3.03. The van der Waals surface area contributed by atoms with Gasteiger partial charge in [0.15, 0.2) is 0 Å². The standard InChI is InChI=1S/C17H25ClN2O4S.ClH/c1-24-17(21)15-12-13(18)8-9-16(15)25(22,23)20-11-10-19-14-6-4-2-3-5-7-14;/h8-9,12,14,19-20H,2-7,10-11H2,1H3;1H. The molecule has 6 nitrogen and oxygen atoms in total. The molecule has 1 aromatic rings. The molecule has 2 rings (SSSR count). The molecule has 0 heterocycles. The summed E-state index contributed by atoms with van der Waals surface area (Å²) >= 11 is 5.86. The average Bonchev–Trinajstić information content (AvgIpc) is 2.86. The van der Waals surface area contributed by atoms with Crippen molar-refractivity contribution in [2.75, 3.05) is 20.2 Å². The molecule has 9 heteroatoms. The van der Waals surface area contributed by atoms with Gasteiger partial charge in [-0.25, -0.2) is 17.9 Å². The predicted octanol–water partition coefficient (Wildman–Crippen LogP) is 3.14. The number of carbonyl (C=O) groups excluding carboxylic acids is 1. The monoisotopic (exact) mass is 424 g/mol. The van der Waals surface area contributed by atoms with Gasteiger partial charge in [-0.1, -0.05) is 37.3 Å². The predicted molar refractivity (Wildman–Crippen MR) is 105 cm³/mol. The lowest BCUT2D eigenvalue weighted by Gasteiger charge is -2.16. The van der Waals surface area contributed by atoms with Crippen molar-refractivity contribution in [2.45, 2.75) is 49.5 Å². The number of sulfonamides is 1. The van der Waals surface area contributed by atoms with Crippen LogP contribution in [0.25, 0.3) is 0 Å². The van der Waals surface area contributed by atoms with E-state index in [9.17, 15) is 13.2 Å². The van der Waals surface area contributed by atoms with Crippen LogP contribution in [-0.4, -0.2) is 40.6 Å². The molecule has 1 fully saturated rings. The van der Waals surface area contributed by atoms with Crippen LogP contribution in [0.4, 0.5) is 0 Å². The van der Waals surface area contributed by atoms with Gasteiger partial charge in [-0.05, 0) is 31.0 Å². The molecule has 0 atom stereocenters. The molecule has 0 unspecified atom stereocenters. The topological polar surface area (TPSA) is 84.5 Å². The summed E-state index contributed by atoms with van der Waals surface area (Å²) in [5.41, 5.74) is -0.0702. The van der Waals surface area contributed by atoms with E-state index < -0.39 is 16.0 Å². The van der Waals surface area contributed by atoms with E-state index >= 15 is 0 Å². The van der Waals surface area contributed by atoms with Crippen LogP contribution in [0.15, 0.2) is 23.1 Å². The number of rotatable bonds is 7. The maximum atomic E-state index is 12.5. The summed E-state index contributed by atoms with van der Waals surface area (Å²) in [4.78, 5) is 11.7. The number of halogens is 2. The second-order valence-corrected chi connectivity index (χ2v) is 8.34. The Morgan fingerprint density at radius 3 is 2.46 bits per heavy atom. The van der Waals surface area contributed by atoms with Crippen LogP contribution in [0.3, 0.4) is 0 Å². The molecule has 1 aliphatic rings. The van der Waals surface area contributed by atoms with E-state index in [1.807, 2.05) is 0 Å². The summed E-state index contributed by atoms with van der Waals surface area (Å²) in [5.74, 6) is -0.737. The van der Waals surface area contributed by atoms with Crippen molar-refractivity contribution in [3.63, 3.8) is 0 Å². The van der Waals surface area contributed by atoms with Gasteiger partial charge in [0.1, 0.15) is 0 Å². The van der Waals surface area contributed by atoms with Gasteiger partial charge in [0.25, 0.3) is 0 Å². The van der Waals surface area contributed by atoms with Crippen LogP contribution < -0.4 is 10.0 Å². The third-order valence-electron chi connectivity index (χ3n) is 4.34. The lowest BCUT2D eigenvalue weighted by atomic mass is 10.1. The second-order valence-electron chi connectivity index (χ2n) is 6.17. The molecule has 148 valence electrons. The van der Waals surface area contributed by atoms with Crippen molar-refractivity contribution < 1.29 is 17.9 Å². The lowest BCUT2D eigenvalue weighted by Crippen LogP contribution is -2.37. The van der Waals surface area contributed by atoms with E-state index in [-0.39, 0.29) is 34.4 Å². The fourth-order valence-corrected chi connectivity index (χ4v) is 4.41. The number of carbonyl (C=O) groups is 1. The van der Waals surface area contributed by atoms with Gasteiger partial charge in [0.2, 0.25) is 10.0 Å². The number of hydrogen-bond acceptors (Lipinski definition) is 5. The highest BCUT2D eigenvalue weighted by atomic mass is 35.5. The summed E-state index contributed by atoms with van der Waals surface area (Å²) in [6, 6.07) is 4.50. The fraction of sp³-hybridized carbons (Fsp3) is 0.588. The Bertz CT molecular complexity index is 690. The summed E-state index contributed by atoms with van der Waals surface area (Å²) in [5, 5.41) is 3.68. The van der Waals surface area contributed by atoms with Crippen molar-refractivity contribution in [2.24, 2.45) is 0 Å². The zero-order chi connectivity index (χ0) is 18.3. The molecule has 1 saturated carbocycles. The van der Waals surface area contributed by atoms with Gasteiger partial charge in [-0.15, -0.1) is 12.4 Å². The first-order valence-corrected chi connectivity index (χ1v) is 10.4. The molecular weight excluding hydrogens is 399 g/mol. The molecule has 0 saturated heterocycles. The third-order valence-corrected chi connectivity index (χ3v) is 6.10. The summed E-state index contributed by atoms with van der Waals surface area (Å²) in [6.45, 7) is 0.799. The van der Waals surface area contributed by atoms with Gasteiger partial charge in [-0.2, -0.15) is 0 Å². The summed E-state index contributed by atoms with van der Waals surface area (Å²) in [7, 11) is -2.62. The number of esters is 1. The molecule has 0 amide bonds. The Morgan fingerprint density at radius 1 is 1.19 bits per heavy atom. The molecular formula is C17H26Cl2N2O4S. The van der Waals surface area contributed by atoms with Gasteiger partial charge in [0.05, 0.1) is 17.6 Å². The van der Waals surface area contributed by atoms with Crippen LogP contribution in [0.5, 0.6) is 0 Å². The molecule has 26 heavy (non-hydrogen) atoms. The first-order chi connectivity index (χ1) is 11.9. The van der Waals surface area contributed by atoms with Crippen LogP contribution in [0, 0.1) is 0 Å². The molecule has 1 aliphatic carbocycles. The Labute approximate surface area is 166 Å². The Morgan fingerprint density at radius 2 is 1.85 bits per heavy atom.